The van der Waals surface area contributed by atoms with Crippen LogP contribution in [0, 0.1) is 22.2 Å². The number of allylic oxidation sites excluding steroid dienone is 12. The van der Waals surface area contributed by atoms with Gasteiger partial charge in [-0.3, -0.25) is 0 Å². The van der Waals surface area contributed by atoms with Crippen molar-refractivity contribution in [2.45, 2.75) is 67.2 Å². The molecule has 0 bridgehead atoms. The summed E-state index contributed by atoms with van der Waals surface area (Å²) in [6, 6.07) is 2.14. The molecule has 1 aliphatic carbocycles. The average Bonchev–Trinajstić information content (AvgIpc) is 2.55. The van der Waals surface area contributed by atoms with E-state index in [0.717, 1.165) is 5.57 Å². The van der Waals surface area contributed by atoms with Crippen molar-refractivity contribution < 1.29 is 0 Å². The molecule has 0 heterocycles. The molecule has 1 rings (SSSR count). The predicted octanol–water partition coefficient (Wildman–Crippen LogP) is 7.62. The van der Waals surface area contributed by atoms with E-state index < -0.39 is 0 Å². The number of rotatable bonds is 5. The molecule has 0 spiro atoms. The monoisotopic (exact) mass is 349 g/mol. The molecule has 0 saturated carbocycles. The maximum Gasteiger partial charge on any atom is 0.0915 e. The van der Waals surface area contributed by atoms with Gasteiger partial charge in [0.25, 0.3) is 0 Å². The second-order valence-corrected chi connectivity index (χ2v) is 8.95. The van der Waals surface area contributed by atoms with Crippen LogP contribution in [0.2, 0.25) is 0 Å². The minimum absolute atomic E-state index is 0.0249. The van der Waals surface area contributed by atoms with Crippen LogP contribution in [0.1, 0.15) is 67.2 Å². The third kappa shape index (κ3) is 8.34. The van der Waals surface area contributed by atoms with Crippen molar-refractivity contribution >= 4 is 0 Å². The maximum atomic E-state index is 8.93. The van der Waals surface area contributed by atoms with E-state index in [0.29, 0.717) is 0 Å². The van der Waals surface area contributed by atoms with Crippen LogP contribution in [-0.2, 0) is 0 Å². The molecule has 1 aliphatic rings. The van der Waals surface area contributed by atoms with Crippen molar-refractivity contribution in [1.29, 1.82) is 5.26 Å². The summed E-state index contributed by atoms with van der Waals surface area (Å²) < 4.78 is 0. The fraction of sp³-hybridized carbons (Fsp3) is 0.480. The van der Waals surface area contributed by atoms with Crippen molar-refractivity contribution in [1.82, 2.24) is 0 Å². The fourth-order valence-corrected chi connectivity index (χ4v) is 2.73. The Kier molecular flexibility index (Phi) is 8.59. The van der Waals surface area contributed by atoms with Crippen molar-refractivity contribution in [2.75, 3.05) is 0 Å². The van der Waals surface area contributed by atoms with Gasteiger partial charge < -0.3 is 0 Å². The molecule has 0 unspecified atom stereocenters. The standard InChI is InChI=1S/C25H35N/c1-24(2,3)22(18-17-21-13-9-7-10-14-21)15-11-8-12-16-23(19-20-26)25(4,5)6/h8,11-13,15-19H,7,9-10,14H2,1-6H3/b11-8+,16-12+,18-17+,22-15-,23-19-. The Morgan fingerprint density at radius 1 is 0.923 bits per heavy atom. The second kappa shape index (κ2) is 10.2. The molecule has 0 saturated heterocycles. The van der Waals surface area contributed by atoms with E-state index in [-0.39, 0.29) is 10.8 Å². The van der Waals surface area contributed by atoms with Crippen LogP contribution in [0.25, 0.3) is 0 Å². The van der Waals surface area contributed by atoms with Gasteiger partial charge in [-0.15, -0.1) is 0 Å². The Morgan fingerprint density at radius 3 is 2.15 bits per heavy atom. The van der Waals surface area contributed by atoms with Crippen LogP contribution >= 0.6 is 0 Å². The number of nitrogens with zero attached hydrogens (tertiary/aromatic N) is 1. The first-order chi connectivity index (χ1) is 12.1. The molecule has 0 aromatic carbocycles. The summed E-state index contributed by atoms with van der Waals surface area (Å²) in [5, 5.41) is 8.93. The minimum atomic E-state index is -0.0249. The van der Waals surface area contributed by atoms with Crippen LogP contribution in [0.5, 0.6) is 0 Å². The van der Waals surface area contributed by atoms with E-state index in [2.05, 4.69) is 78.0 Å². The first-order valence-electron chi connectivity index (χ1n) is 9.67. The molecule has 26 heavy (non-hydrogen) atoms. The normalized spacial score (nSPS) is 18.0. The quantitative estimate of drug-likeness (QED) is 0.370. The second-order valence-electron chi connectivity index (χ2n) is 8.95. The highest BCUT2D eigenvalue weighted by Gasteiger charge is 2.14. The van der Waals surface area contributed by atoms with Crippen LogP contribution in [0.15, 0.2) is 71.4 Å². The summed E-state index contributed by atoms with van der Waals surface area (Å²) in [7, 11) is 0. The van der Waals surface area contributed by atoms with Crippen molar-refractivity contribution in [2.24, 2.45) is 10.8 Å². The molecular formula is C25H35N. The molecule has 0 atom stereocenters. The van der Waals surface area contributed by atoms with E-state index in [1.807, 2.05) is 18.2 Å². The molecule has 0 amide bonds. The lowest BCUT2D eigenvalue weighted by Crippen LogP contribution is -2.07. The van der Waals surface area contributed by atoms with Crippen LogP contribution in [0.3, 0.4) is 0 Å². The SMILES string of the molecule is CC(C)(C)C(=C\C#N)/C=C/C=C/C=C(/C=C/C1=CCCCC1)C(C)(C)C. The molecule has 140 valence electrons. The third-order valence-electron chi connectivity index (χ3n) is 4.53. The number of hydrogen-bond donors (Lipinski definition) is 0. The summed E-state index contributed by atoms with van der Waals surface area (Å²) in [5.41, 5.74) is 3.90. The predicted molar refractivity (Wildman–Crippen MR) is 115 cm³/mol. The lowest BCUT2D eigenvalue weighted by atomic mass is 9.85. The fourth-order valence-electron chi connectivity index (χ4n) is 2.73. The average molecular weight is 350 g/mol. The van der Waals surface area contributed by atoms with E-state index in [9.17, 15) is 0 Å². The summed E-state index contributed by atoms with van der Waals surface area (Å²) >= 11 is 0. The topological polar surface area (TPSA) is 23.8 Å². The number of hydrogen-bond acceptors (Lipinski definition) is 1. The Hall–Kier alpha value is -2.07. The van der Waals surface area contributed by atoms with Gasteiger partial charge in [0.05, 0.1) is 6.07 Å². The van der Waals surface area contributed by atoms with Gasteiger partial charge in [-0.2, -0.15) is 5.26 Å². The Balaban J connectivity index is 2.88. The van der Waals surface area contributed by atoms with Crippen molar-refractivity contribution in [3.63, 3.8) is 0 Å². The Morgan fingerprint density at radius 2 is 1.62 bits per heavy atom. The van der Waals surface area contributed by atoms with E-state index in [4.69, 9.17) is 5.26 Å². The lowest BCUT2D eigenvalue weighted by Gasteiger charge is -2.20. The van der Waals surface area contributed by atoms with Gasteiger partial charge in [0, 0.05) is 6.08 Å². The molecule has 1 heteroatoms. The van der Waals surface area contributed by atoms with Gasteiger partial charge in [0.2, 0.25) is 0 Å². The van der Waals surface area contributed by atoms with Gasteiger partial charge in [-0.25, -0.2) is 0 Å². The van der Waals surface area contributed by atoms with Crippen LogP contribution in [0.4, 0.5) is 0 Å². The van der Waals surface area contributed by atoms with E-state index in [1.165, 1.54) is 36.8 Å². The minimum Gasteiger partial charge on any atom is -0.193 e. The van der Waals surface area contributed by atoms with Gasteiger partial charge >= 0.3 is 0 Å². The van der Waals surface area contributed by atoms with Gasteiger partial charge in [-0.1, -0.05) is 95.7 Å². The summed E-state index contributed by atoms with van der Waals surface area (Å²) in [4.78, 5) is 0. The Labute approximate surface area is 161 Å². The lowest BCUT2D eigenvalue weighted by molar-refractivity contribution is 0.517. The van der Waals surface area contributed by atoms with Gasteiger partial charge in [0.15, 0.2) is 0 Å². The highest BCUT2D eigenvalue weighted by molar-refractivity contribution is 5.36. The summed E-state index contributed by atoms with van der Waals surface area (Å²) in [5.74, 6) is 0. The molecule has 0 aromatic rings. The highest BCUT2D eigenvalue weighted by atomic mass is 14.2. The first-order valence-corrected chi connectivity index (χ1v) is 9.67. The molecule has 0 radical (unpaired) electrons. The smallest absolute Gasteiger partial charge is 0.0915 e. The molecule has 1 nitrogen and oxygen atoms in total. The molecule has 0 aromatic heterocycles. The van der Waals surface area contributed by atoms with E-state index >= 15 is 0 Å². The maximum absolute atomic E-state index is 8.93. The van der Waals surface area contributed by atoms with Gasteiger partial charge in [0.1, 0.15) is 0 Å². The summed E-state index contributed by atoms with van der Waals surface area (Å²) in [6.07, 6.45) is 23.9. The molecular weight excluding hydrogens is 314 g/mol. The van der Waals surface area contributed by atoms with Gasteiger partial charge in [-0.05, 0) is 47.7 Å². The van der Waals surface area contributed by atoms with Crippen LogP contribution < -0.4 is 0 Å². The zero-order valence-electron chi connectivity index (χ0n) is 17.5. The largest absolute Gasteiger partial charge is 0.193 e. The third-order valence-corrected chi connectivity index (χ3v) is 4.53. The summed E-state index contributed by atoms with van der Waals surface area (Å²) in [6.45, 7) is 13.1. The molecule has 0 N–H and O–H groups in total. The molecule has 0 aliphatic heterocycles. The highest BCUT2D eigenvalue weighted by Crippen LogP contribution is 2.28. The van der Waals surface area contributed by atoms with Crippen molar-refractivity contribution in [3.05, 3.63) is 71.4 Å². The zero-order valence-corrected chi connectivity index (χ0v) is 17.5. The Bertz CT molecular complexity index is 671. The first kappa shape index (κ1) is 22.0. The zero-order chi connectivity index (χ0) is 19.6. The number of nitriles is 1. The van der Waals surface area contributed by atoms with E-state index in [1.54, 1.807) is 6.08 Å². The van der Waals surface area contributed by atoms with Crippen molar-refractivity contribution in [3.8, 4) is 6.07 Å². The van der Waals surface area contributed by atoms with Crippen LogP contribution in [-0.4, -0.2) is 0 Å². The molecule has 0 fully saturated rings.